The number of hydrogen-bond acceptors (Lipinski definition) is 4. The van der Waals surface area contributed by atoms with E-state index in [1.807, 2.05) is 26.0 Å². The zero-order valence-electron chi connectivity index (χ0n) is 11.8. The number of carbonyl (C=O) groups excluding carboxylic acids is 1. The van der Waals surface area contributed by atoms with E-state index in [1.165, 1.54) is 5.57 Å². The van der Waals surface area contributed by atoms with Gasteiger partial charge < -0.3 is 14.2 Å². The van der Waals surface area contributed by atoms with Gasteiger partial charge in [0.2, 0.25) is 0 Å². The van der Waals surface area contributed by atoms with Crippen LogP contribution in [0.3, 0.4) is 0 Å². The van der Waals surface area contributed by atoms with Crippen LogP contribution >= 0.6 is 0 Å². The van der Waals surface area contributed by atoms with Gasteiger partial charge in [-0.05, 0) is 26.3 Å². The van der Waals surface area contributed by atoms with Crippen LogP contribution in [0.1, 0.15) is 31.4 Å². The summed E-state index contributed by atoms with van der Waals surface area (Å²) in [5.74, 6) is 2.03. The summed E-state index contributed by atoms with van der Waals surface area (Å²) in [7, 11) is 0. The van der Waals surface area contributed by atoms with E-state index in [1.54, 1.807) is 0 Å². The number of esters is 1. The number of ether oxygens (including phenoxy) is 3. The summed E-state index contributed by atoms with van der Waals surface area (Å²) in [5.41, 5.74) is 3.31. The van der Waals surface area contributed by atoms with Crippen LogP contribution in [0, 0.1) is 0 Å². The van der Waals surface area contributed by atoms with E-state index in [0.29, 0.717) is 31.8 Å². The molecule has 106 valence electrons. The maximum absolute atomic E-state index is 11.4. The minimum Gasteiger partial charge on any atom is -0.493 e. The predicted molar refractivity (Wildman–Crippen MR) is 74.5 cm³/mol. The highest BCUT2D eigenvalue weighted by atomic mass is 16.5. The molecule has 0 aromatic heterocycles. The Morgan fingerprint density at radius 2 is 2.05 bits per heavy atom. The second-order valence-electron chi connectivity index (χ2n) is 5.32. The molecule has 0 spiro atoms. The van der Waals surface area contributed by atoms with E-state index < -0.39 is 0 Å². The van der Waals surface area contributed by atoms with Crippen molar-refractivity contribution >= 4 is 5.97 Å². The maximum Gasteiger partial charge on any atom is 0.311 e. The molecular weight excluding hydrogens is 256 g/mol. The molecule has 0 atom stereocenters. The Labute approximate surface area is 118 Å². The molecule has 2 heterocycles. The quantitative estimate of drug-likeness (QED) is 0.483. The fourth-order valence-corrected chi connectivity index (χ4v) is 2.52. The molecule has 2 aliphatic heterocycles. The summed E-state index contributed by atoms with van der Waals surface area (Å²) in [6.45, 7) is 5.27. The Balaban J connectivity index is 1.98. The van der Waals surface area contributed by atoms with Crippen molar-refractivity contribution in [2.45, 2.75) is 33.1 Å². The van der Waals surface area contributed by atoms with Gasteiger partial charge in [-0.1, -0.05) is 5.57 Å². The monoisotopic (exact) mass is 274 g/mol. The van der Waals surface area contributed by atoms with Gasteiger partial charge in [-0.15, -0.1) is 0 Å². The lowest BCUT2D eigenvalue weighted by atomic mass is 9.99. The lowest BCUT2D eigenvalue weighted by molar-refractivity contribution is -0.135. The highest BCUT2D eigenvalue weighted by Crippen LogP contribution is 2.44. The van der Waals surface area contributed by atoms with E-state index in [0.717, 1.165) is 29.0 Å². The van der Waals surface area contributed by atoms with Crippen LogP contribution in [0.15, 0.2) is 17.7 Å². The zero-order chi connectivity index (χ0) is 14.1. The third-order valence-electron chi connectivity index (χ3n) is 3.54. The number of hydrogen-bond donors (Lipinski definition) is 0. The summed E-state index contributed by atoms with van der Waals surface area (Å²) in [5, 5.41) is 0. The molecule has 0 aliphatic carbocycles. The van der Waals surface area contributed by atoms with Gasteiger partial charge >= 0.3 is 5.97 Å². The Morgan fingerprint density at radius 3 is 2.85 bits per heavy atom. The molecule has 0 saturated carbocycles. The van der Waals surface area contributed by atoms with Crippen molar-refractivity contribution in [2.24, 2.45) is 0 Å². The van der Waals surface area contributed by atoms with Crippen LogP contribution in [0.4, 0.5) is 0 Å². The second kappa shape index (κ2) is 5.19. The molecule has 0 radical (unpaired) electrons. The molecule has 1 aromatic carbocycles. The first-order valence-corrected chi connectivity index (χ1v) is 6.93. The third kappa shape index (κ3) is 2.38. The van der Waals surface area contributed by atoms with Crippen molar-refractivity contribution in [3.63, 3.8) is 0 Å². The van der Waals surface area contributed by atoms with Gasteiger partial charge in [0.25, 0.3) is 0 Å². The summed E-state index contributed by atoms with van der Waals surface area (Å²) in [4.78, 5) is 11.4. The molecule has 0 saturated heterocycles. The zero-order valence-corrected chi connectivity index (χ0v) is 11.8. The first-order chi connectivity index (χ1) is 9.65. The fourth-order valence-electron chi connectivity index (χ4n) is 2.52. The minimum absolute atomic E-state index is 0.189. The number of carbonyl (C=O) groups is 1. The molecule has 0 fully saturated rings. The summed E-state index contributed by atoms with van der Waals surface area (Å²) in [6, 6.07) is 1.82. The maximum atomic E-state index is 11.4. The van der Waals surface area contributed by atoms with Gasteiger partial charge in [-0.25, -0.2) is 0 Å². The van der Waals surface area contributed by atoms with Gasteiger partial charge in [0.15, 0.2) is 0 Å². The molecular formula is C16H18O4. The summed E-state index contributed by atoms with van der Waals surface area (Å²) in [6.07, 6.45) is 3.97. The lowest BCUT2D eigenvalue weighted by Gasteiger charge is -2.21. The molecule has 4 nitrogen and oxygen atoms in total. The fraction of sp³-hybridized carbons (Fsp3) is 0.438. The van der Waals surface area contributed by atoms with Crippen molar-refractivity contribution in [3.8, 4) is 17.2 Å². The average Bonchev–Trinajstić information content (AvgIpc) is 2.85. The summed E-state index contributed by atoms with van der Waals surface area (Å²) < 4.78 is 16.8. The van der Waals surface area contributed by atoms with Crippen LogP contribution in [0.25, 0.3) is 0 Å². The third-order valence-corrected chi connectivity index (χ3v) is 3.54. The highest BCUT2D eigenvalue weighted by Gasteiger charge is 2.28. The van der Waals surface area contributed by atoms with E-state index in [9.17, 15) is 4.79 Å². The average molecular weight is 274 g/mol. The van der Waals surface area contributed by atoms with Crippen molar-refractivity contribution in [2.75, 3.05) is 13.2 Å². The Morgan fingerprint density at radius 1 is 1.25 bits per heavy atom. The molecule has 3 rings (SSSR count). The Bertz CT molecular complexity index is 583. The number of allylic oxidation sites excluding steroid dienone is 1. The molecule has 0 amide bonds. The topological polar surface area (TPSA) is 44.8 Å². The van der Waals surface area contributed by atoms with Crippen LogP contribution in [-0.4, -0.2) is 19.2 Å². The minimum atomic E-state index is -0.189. The van der Waals surface area contributed by atoms with Gasteiger partial charge in [0.05, 0.1) is 13.0 Å². The molecule has 0 bridgehead atoms. The van der Waals surface area contributed by atoms with Crippen molar-refractivity contribution in [1.82, 2.24) is 0 Å². The van der Waals surface area contributed by atoms with Gasteiger partial charge in [-0.3, -0.25) is 4.79 Å². The first-order valence-electron chi connectivity index (χ1n) is 6.93. The van der Waals surface area contributed by atoms with Gasteiger partial charge in [0.1, 0.15) is 23.9 Å². The van der Waals surface area contributed by atoms with Gasteiger partial charge in [0, 0.05) is 23.6 Å². The molecule has 2 aliphatic rings. The van der Waals surface area contributed by atoms with Crippen LogP contribution in [0.2, 0.25) is 0 Å². The molecule has 0 unspecified atom stereocenters. The molecule has 1 aromatic rings. The SMILES string of the molecule is CC(C)=CCOc1c2c(cc3c1CCC(=O)O3)OCC2. The van der Waals surface area contributed by atoms with Gasteiger partial charge in [-0.2, -0.15) is 0 Å². The number of fused-ring (bicyclic) bond motifs is 2. The normalized spacial score (nSPS) is 15.8. The smallest absolute Gasteiger partial charge is 0.311 e. The van der Waals surface area contributed by atoms with Crippen molar-refractivity contribution in [1.29, 1.82) is 0 Å². The number of rotatable bonds is 3. The van der Waals surface area contributed by atoms with E-state index in [2.05, 4.69) is 0 Å². The highest BCUT2D eigenvalue weighted by molar-refractivity contribution is 5.77. The molecule has 4 heteroatoms. The van der Waals surface area contributed by atoms with Crippen molar-refractivity contribution < 1.29 is 19.0 Å². The van der Waals surface area contributed by atoms with E-state index >= 15 is 0 Å². The Hall–Kier alpha value is -1.97. The number of benzene rings is 1. The van der Waals surface area contributed by atoms with E-state index in [4.69, 9.17) is 14.2 Å². The largest absolute Gasteiger partial charge is 0.493 e. The standard InChI is InChI=1S/C16H18O4/c1-10(2)5-7-19-16-11-3-4-15(17)20-14(11)9-13-12(16)6-8-18-13/h5,9H,3-4,6-8H2,1-2H3. The van der Waals surface area contributed by atoms with Crippen molar-refractivity contribution in [3.05, 3.63) is 28.8 Å². The summed E-state index contributed by atoms with van der Waals surface area (Å²) >= 11 is 0. The predicted octanol–water partition coefficient (Wildman–Crippen LogP) is 2.82. The lowest BCUT2D eigenvalue weighted by Crippen LogP contribution is -2.17. The van der Waals surface area contributed by atoms with Crippen LogP contribution in [0.5, 0.6) is 17.2 Å². The van der Waals surface area contributed by atoms with E-state index in [-0.39, 0.29) is 5.97 Å². The molecule has 0 N–H and O–H groups in total. The first kappa shape index (κ1) is 13.0. The molecule has 20 heavy (non-hydrogen) atoms. The second-order valence-corrected chi connectivity index (χ2v) is 5.32. The van der Waals surface area contributed by atoms with Crippen LogP contribution < -0.4 is 14.2 Å². The Kier molecular flexibility index (Phi) is 3.38. The van der Waals surface area contributed by atoms with Crippen LogP contribution in [-0.2, 0) is 17.6 Å².